The summed E-state index contributed by atoms with van der Waals surface area (Å²) in [6.07, 6.45) is 0.851. The molecule has 194 valence electrons. The molecule has 3 aromatic carbocycles. The fourth-order valence-corrected chi connectivity index (χ4v) is 5.06. The van der Waals surface area contributed by atoms with Crippen LogP contribution >= 0.6 is 36.6 Å². The van der Waals surface area contributed by atoms with E-state index in [0.717, 1.165) is 23.2 Å². The average molecular weight is 553 g/mol. The summed E-state index contributed by atoms with van der Waals surface area (Å²) in [5.74, 6) is 0.374. The number of hydrogen-bond acceptors (Lipinski definition) is 8. The normalized spacial score (nSPS) is 14.6. The molecule has 0 spiro atoms. The maximum Gasteiger partial charge on any atom is 0.152 e. The van der Waals surface area contributed by atoms with Gasteiger partial charge in [-0.25, -0.2) is 0 Å². The number of thioether (sulfide) groups is 1. The van der Waals surface area contributed by atoms with Gasteiger partial charge >= 0.3 is 0 Å². The molecule has 0 radical (unpaired) electrons. The van der Waals surface area contributed by atoms with Crippen LogP contribution in [0.25, 0.3) is 0 Å². The lowest BCUT2D eigenvalue weighted by Gasteiger charge is -2.16. The Balaban J connectivity index is 0.00000228. The molecule has 0 fully saturated rings. The molecule has 3 aromatic rings. The largest absolute Gasteiger partial charge is 0.508 e. The van der Waals surface area contributed by atoms with Crippen LogP contribution in [0.4, 0.5) is 5.69 Å². The Labute approximate surface area is 227 Å². The zero-order valence-electron chi connectivity index (χ0n) is 19.5. The van der Waals surface area contributed by atoms with E-state index in [-0.39, 0.29) is 30.6 Å². The number of para-hydroxylation sites is 1. The molecule has 6 N–H and O–H groups in total. The van der Waals surface area contributed by atoms with Crippen LogP contribution in [0.3, 0.4) is 0 Å². The predicted molar refractivity (Wildman–Crippen MR) is 149 cm³/mol. The third-order valence-corrected chi connectivity index (χ3v) is 6.89. The molecule has 1 heterocycles. The number of fused-ring (bicyclic) bond motifs is 1. The van der Waals surface area contributed by atoms with E-state index >= 15 is 0 Å². The van der Waals surface area contributed by atoms with Gasteiger partial charge in [-0.05, 0) is 41.8 Å². The van der Waals surface area contributed by atoms with Crippen molar-refractivity contribution < 1.29 is 20.1 Å². The highest BCUT2D eigenvalue weighted by atomic mass is 35.5. The second kappa shape index (κ2) is 14.3. The molecular formula is C26H31Cl2N3O4S. The first-order chi connectivity index (χ1) is 16.5. The summed E-state index contributed by atoms with van der Waals surface area (Å²) in [5.41, 5.74) is 4.44. The predicted octanol–water partition coefficient (Wildman–Crippen LogP) is 4.14. The van der Waals surface area contributed by atoms with Crippen LogP contribution in [0, 0.1) is 0 Å². The van der Waals surface area contributed by atoms with Gasteiger partial charge in [0.15, 0.2) is 6.29 Å². The van der Waals surface area contributed by atoms with Crippen molar-refractivity contribution in [2.45, 2.75) is 35.9 Å². The molecular weight excluding hydrogens is 521 g/mol. The Bertz CT molecular complexity index is 1150. The van der Waals surface area contributed by atoms with E-state index < -0.39 is 11.5 Å². The van der Waals surface area contributed by atoms with Gasteiger partial charge in [0.25, 0.3) is 0 Å². The highest BCUT2D eigenvalue weighted by molar-refractivity contribution is 8.01. The van der Waals surface area contributed by atoms with Crippen LogP contribution in [-0.2, 0) is 24.3 Å². The van der Waals surface area contributed by atoms with Crippen LogP contribution in [0.15, 0.2) is 65.6 Å². The van der Waals surface area contributed by atoms with Crippen molar-refractivity contribution in [3.05, 3.63) is 82.9 Å². The van der Waals surface area contributed by atoms with Crippen LogP contribution in [0.2, 0.25) is 0 Å². The molecule has 0 aromatic heterocycles. The van der Waals surface area contributed by atoms with Crippen molar-refractivity contribution in [1.29, 1.82) is 0 Å². The summed E-state index contributed by atoms with van der Waals surface area (Å²) in [7, 11) is 0. The van der Waals surface area contributed by atoms with E-state index in [0.29, 0.717) is 43.2 Å². The highest BCUT2D eigenvalue weighted by Crippen LogP contribution is 2.46. The Kier molecular flexibility index (Phi) is 11.8. The number of aliphatic hydroxyl groups excluding tert-OH is 1. The molecule has 1 aliphatic heterocycles. The maximum absolute atomic E-state index is 11.1. The van der Waals surface area contributed by atoms with Crippen LogP contribution in [0.1, 0.15) is 28.4 Å². The Morgan fingerprint density at radius 2 is 1.72 bits per heavy atom. The minimum absolute atomic E-state index is 0. The van der Waals surface area contributed by atoms with Gasteiger partial charge in [-0.15, -0.1) is 24.8 Å². The van der Waals surface area contributed by atoms with Crippen LogP contribution < -0.4 is 16.0 Å². The first-order valence-corrected chi connectivity index (χ1v) is 12.1. The van der Waals surface area contributed by atoms with Crippen LogP contribution in [0.5, 0.6) is 11.5 Å². The summed E-state index contributed by atoms with van der Waals surface area (Å²) in [4.78, 5) is 11.8. The Hall–Kier alpha value is -2.46. The minimum atomic E-state index is -0.751. The summed E-state index contributed by atoms with van der Waals surface area (Å²) in [6.45, 7) is 2.37. The molecule has 36 heavy (non-hydrogen) atoms. The second-order valence-electron chi connectivity index (χ2n) is 8.22. The number of phenolic OH excluding ortho intramolecular Hbond substituents is 2. The van der Waals surface area contributed by atoms with Gasteiger partial charge < -0.3 is 36.1 Å². The smallest absolute Gasteiger partial charge is 0.152 e. The summed E-state index contributed by atoms with van der Waals surface area (Å²) in [6, 6.07) is 18.9. The van der Waals surface area contributed by atoms with Gasteiger partial charge in [0.1, 0.15) is 16.9 Å². The zero-order chi connectivity index (χ0) is 23.9. The molecule has 0 amide bonds. The molecule has 0 aliphatic carbocycles. The number of hydrogen-bond donors (Lipinski definition) is 6. The lowest BCUT2D eigenvalue weighted by molar-refractivity contribution is -0.107. The third kappa shape index (κ3) is 7.52. The summed E-state index contributed by atoms with van der Waals surface area (Å²) < 4.78 is 0. The number of aromatic hydroxyl groups is 2. The zero-order valence-corrected chi connectivity index (χ0v) is 22.0. The molecule has 0 bridgehead atoms. The lowest BCUT2D eigenvalue weighted by Crippen LogP contribution is -2.24. The molecule has 2 atom stereocenters. The number of aliphatic hydroxyl groups is 1. The quantitative estimate of drug-likeness (QED) is 0.120. The van der Waals surface area contributed by atoms with E-state index in [1.165, 1.54) is 29.0 Å². The summed E-state index contributed by atoms with van der Waals surface area (Å²) >= 11 is 1.30. The van der Waals surface area contributed by atoms with E-state index in [1.807, 2.05) is 24.3 Å². The topological polar surface area (TPSA) is 114 Å². The maximum atomic E-state index is 11.1. The van der Waals surface area contributed by atoms with Gasteiger partial charge in [0.2, 0.25) is 0 Å². The van der Waals surface area contributed by atoms with Crippen molar-refractivity contribution in [3.63, 3.8) is 0 Å². The van der Waals surface area contributed by atoms with Crippen LogP contribution in [-0.4, -0.2) is 40.1 Å². The molecule has 7 nitrogen and oxygen atoms in total. The number of nitrogens with one attached hydrogen (secondary N) is 3. The number of carbonyl (C=O) groups is 1. The summed E-state index contributed by atoms with van der Waals surface area (Å²) in [5, 5.41) is 39.8. The fourth-order valence-electron chi connectivity index (χ4n) is 3.96. The molecule has 0 saturated carbocycles. The number of halogens is 2. The Morgan fingerprint density at radius 3 is 2.50 bits per heavy atom. The van der Waals surface area contributed by atoms with Crippen molar-refractivity contribution in [1.82, 2.24) is 10.6 Å². The monoisotopic (exact) mass is 551 g/mol. The molecule has 1 aliphatic rings. The minimum Gasteiger partial charge on any atom is -0.508 e. The van der Waals surface area contributed by atoms with Gasteiger partial charge in [-0.1, -0.05) is 60.3 Å². The standard InChI is InChI=1S/C26H29N3O4S.2ClH/c30-16-24-29-25-22(32)9-8-20(26(25)34-24)23(33)15-27-11-10-17-4-3-5-18(12-17)13-28-14-19-6-1-2-7-21(19)31;;/h1-9,12,16,23-24,27-29,31-33H,10-11,13-15H2;2*1H. The number of aldehydes is 1. The van der Waals surface area contributed by atoms with Crippen molar-refractivity contribution in [2.75, 3.05) is 18.4 Å². The average Bonchev–Trinajstić information content (AvgIpc) is 3.29. The molecule has 0 saturated heterocycles. The third-order valence-electron chi connectivity index (χ3n) is 5.74. The number of phenols is 2. The van der Waals surface area contributed by atoms with E-state index in [9.17, 15) is 20.1 Å². The van der Waals surface area contributed by atoms with Gasteiger partial charge in [-0.3, -0.25) is 0 Å². The highest BCUT2D eigenvalue weighted by Gasteiger charge is 2.28. The second-order valence-corrected chi connectivity index (χ2v) is 9.37. The van der Waals surface area contributed by atoms with Crippen molar-refractivity contribution in [3.8, 4) is 11.5 Å². The van der Waals surface area contributed by atoms with Gasteiger partial charge in [0.05, 0.1) is 11.8 Å². The lowest BCUT2D eigenvalue weighted by atomic mass is 10.1. The fraction of sp³-hybridized carbons (Fsp3) is 0.269. The number of carbonyl (C=O) groups excluding carboxylic acids is 1. The van der Waals surface area contributed by atoms with Gasteiger partial charge in [-0.2, -0.15) is 0 Å². The Morgan fingerprint density at radius 1 is 0.944 bits per heavy atom. The number of anilines is 1. The number of benzene rings is 3. The first kappa shape index (κ1) is 29.8. The molecule has 2 unspecified atom stereocenters. The van der Waals surface area contributed by atoms with E-state index in [4.69, 9.17) is 0 Å². The molecule has 4 rings (SSSR count). The SMILES string of the molecule is Cl.Cl.O=CC1Nc2c(O)ccc(C(O)CNCCc3cccc(CNCc4ccccc4O)c3)c2S1. The van der Waals surface area contributed by atoms with Gasteiger partial charge in [0, 0.05) is 30.1 Å². The van der Waals surface area contributed by atoms with E-state index in [1.54, 1.807) is 12.1 Å². The molecule has 10 heteroatoms. The number of rotatable bonds is 11. The first-order valence-electron chi connectivity index (χ1n) is 11.2. The van der Waals surface area contributed by atoms with Crippen molar-refractivity contribution in [2.24, 2.45) is 0 Å². The van der Waals surface area contributed by atoms with Crippen molar-refractivity contribution >= 4 is 48.5 Å². The van der Waals surface area contributed by atoms with E-state index in [2.05, 4.69) is 34.1 Å².